The van der Waals surface area contributed by atoms with Crippen molar-refractivity contribution in [2.24, 2.45) is 0 Å². The number of nitrogens with zero attached hydrogens (tertiary/aromatic N) is 1. The van der Waals surface area contributed by atoms with Gasteiger partial charge in [-0.1, -0.05) is 12.2 Å². The van der Waals surface area contributed by atoms with Gasteiger partial charge in [-0.2, -0.15) is 0 Å². The van der Waals surface area contributed by atoms with Crippen molar-refractivity contribution in [3.05, 3.63) is 40.8 Å². The molecule has 0 bridgehead atoms. The second-order valence-corrected chi connectivity index (χ2v) is 3.63. The van der Waals surface area contributed by atoms with Crippen molar-refractivity contribution in [2.45, 2.75) is 0 Å². The summed E-state index contributed by atoms with van der Waals surface area (Å²) in [4.78, 5) is 6.64. The maximum absolute atomic E-state index is 13.1. The van der Waals surface area contributed by atoms with Gasteiger partial charge in [0.05, 0.1) is 19.1 Å². The quantitative estimate of drug-likeness (QED) is 0.837. The highest BCUT2D eigenvalue weighted by atomic mass is 32.1. The molecule has 0 unspecified atom stereocenters. The number of nitrogens with one attached hydrogen (secondary N) is 1. The summed E-state index contributed by atoms with van der Waals surface area (Å²) >= 11 is 4.97. The molecule has 0 aliphatic heterocycles. The fourth-order valence-corrected chi connectivity index (χ4v) is 1.68. The van der Waals surface area contributed by atoms with Gasteiger partial charge in [0.15, 0.2) is 22.0 Å². The van der Waals surface area contributed by atoms with Crippen LogP contribution in [0.1, 0.15) is 0 Å². The highest BCUT2D eigenvalue weighted by Gasteiger charge is 2.11. The smallest absolute Gasteiger partial charge is 0.179 e. The molecule has 0 saturated heterocycles. The van der Waals surface area contributed by atoms with Gasteiger partial charge in [0.25, 0.3) is 0 Å². The lowest BCUT2D eigenvalue weighted by atomic mass is 10.1. The summed E-state index contributed by atoms with van der Waals surface area (Å²) in [7, 11) is 1.43. The molecule has 3 nitrogen and oxygen atoms in total. The fourth-order valence-electron chi connectivity index (χ4n) is 1.44. The molecule has 1 aromatic heterocycles. The summed E-state index contributed by atoms with van der Waals surface area (Å²) in [5.41, 5.74) is 0.903. The SMILES string of the molecule is COc1c(-c2ccc(F)c(F)c2)[nH]cnc1=S. The average Bonchev–Trinajstić information content (AvgIpc) is 2.32. The number of benzene rings is 1. The number of halogens is 2. The molecule has 1 aromatic carbocycles. The largest absolute Gasteiger partial charge is 0.491 e. The molecule has 0 amide bonds. The third-order valence-electron chi connectivity index (χ3n) is 2.22. The van der Waals surface area contributed by atoms with Crippen molar-refractivity contribution in [3.63, 3.8) is 0 Å². The summed E-state index contributed by atoms with van der Waals surface area (Å²) in [5, 5.41) is 0. The lowest BCUT2D eigenvalue weighted by Crippen LogP contribution is -1.95. The van der Waals surface area contributed by atoms with Crippen LogP contribution in [0.5, 0.6) is 5.75 Å². The molecule has 88 valence electrons. The molecule has 0 atom stereocenters. The number of aromatic amines is 1. The highest BCUT2D eigenvalue weighted by Crippen LogP contribution is 2.28. The molecule has 0 aliphatic carbocycles. The minimum atomic E-state index is -0.930. The van der Waals surface area contributed by atoms with Crippen LogP contribution in [0.15, 0.2) is 24.5 Å². The summed E-state index contributed by atoms with van der Waals surface area (Å²) in [6.45, 7) is 0. The Bertz CT molecular complexity index is 613. The van der Waals surface area contributed by atoms with Crippen LogP contribution in [0.25, 0.3) is 11.3 Å². The van der Waals surface area contributed by atoms with E-state index in [0.717, 1.165) is 12.1 Å². The molecule has 2 rings (SSSR count). The third-order valence-corrected chi connectivity index (χ3v) is 2.52. The van der Waals surface area contributed by atoms with Crippen LogP contribution in [0.3, 0.4) is 0 Å². The lowest BCUT2D eigenvalue weighted by Gasteiger charge is -2.08. The monoisotopic (exact) mass is 254 g/mol. The first kappa shape index (κ1) is 11.7. The number of methoxy groups -OCH3 is 1. The number of rotatable bonds is 2. The van der Waals surface area contributed by atoms with E-state index in [9.17, 15) is 8.78 Å². The van der Waals surface area contributed by atoms with E-state index in [1.807, 2.05) is 0 Å². The number of hydrogen-bond donors (Lipinski definition) is 1. The first-order valence-electron chi connectivity index (χ1n) is 4.70. The van der Waals surface area contributed by atoms with Gasteiger partial charge in [-0.15, -0.1) is 0 Å². The molecule has 0 spiro atoms. The third kappa shape index (κ3) is 2.16. The zero-order chi connectivity index (χ0) is 12.4. The summed E-state index contributed by atoms with van der Waals surface area (Å²) in [5.74, 6) is -1.51. The van der Waals surface area contributed by atoms with E-state index in [4.69, 9.17) is 17.0 Å². The van der Waals surface area contributed by atoms with E-state index < -0.39 is 11.6 Å². The summed E-state index contributed by atoms with van der Waals surface area (Å²) in [6.07, 6.45) is 1.38. The van der Waals surface area contributed by atoms with Gasteiger partial charge in [-0.3, -0.25) is 0 Å². The average molecular weight is 254 g/mol. The van der Waals surface area contributed by atoms with Crippen LogP contribution in [0.2, 0.25) is 0 Å². The standard InChI is InChI=1S/C11H8F2N2OS/c1-16-10-9(14-5-15-11(10)17)6-2-3-7(12)8(13)4-6/h2-5H,1H3,(H,14,15,17). The van der Waals surface area contributed by atoms with E-state index in [2.05, 4.69) is 9.97 Å². The molecule has 0 aliphatic rings. The van der Waals surface area contributed by atoms with E-state index in [1.165, 1.54) is 19.5 Å². The first-order valence-corrected chi connectivity index (χ1v) is 5.11. The topological polar surface area (TPSA) is 37.9 Å². The maximum atomic E-state index is 13.1. The Kier molecular flexibility index (Phi) is 3.14. The van der Waals surface area contributed by atoms with Crippen LogP contribution in [0.4, 0.5) is 8.78 Å². The Morgan fingerprint density at radius 2 is 2.06 bits per heavy atom. The van der Waals surface area contributed by atoms with E-state index >= 15 is 0 Å². The van der Waals surface area contributed by atoms with Gasteiger partial charge in [-0.25, -0.2) is 13.8 Å². The van der Waals surface area contributed by atoms with Crippen molar-refractivity contribution in [2.75, 3.05) is 7.11 Å². The number of hydrogen-bond acceptors (Lipinski definition) is 3. The van der Waals surface area contributed by atoms with Gasteiger partial charge in [-0.05, 0) is 18.2 Å². The van der Waals surface area contributed by atoms with Crippen LogP contribution in [0, 0.1) is 16.3 Å². The molecule has 0 fully saturated rings. The summed E-state index contributed by atoms with van der Waals surface area (Å²) < 4.78 is 31.3. The highest BCUT2D eigenvalue weighted by molar-refractivity contribution is 7.71. The van der Waals surface area contributed by atoms with Gasteiger partial charge in [0.2, 0.25) is 0 Å². The van der Waals surface area contributed by atoms with Crippen LogP contribution >= 0.6 is 12.2 Å². The van der Waals surface area contributed by atoms with Crippen molar-refractivity contribution in [3.8, 4) is 17.0 Å². The Morgan fingerprint density at radius 3 is 2.71 bits per heavy atom. The molecule has 17 heavy (non-hydrogen) atoms. The predicted molar refractivity (Wildman–Crippen MR) is 61.3 cm³/mol. The Balaban J connectivity index is 2.64. The Labute approximate surface area is 101 Å². The molecular weight excluding hydrogens is 246 g/mol. The van der Waals surface area contributed by atoms with Crippen molar-refractivity contribution >= 4 is 12.2 Å². The number of aromatic nitrogens is 2. The first-order chi connectivity index (χ1) is 8.13. The normalized spacial score (nSPS) is 10.3. The second kappa shape index (κ2) is 4.58. The molecular formula is C11H8F2N2OS. The minimum absolute atomic E-state index is 0.256. The molecule has 1 heterocycles. The summed E-state index contributed by atoms with van der Waals surface area (Å²) in [6, 6.07) is 3.54. The van der Waals surface area contributed by atoms with Crippen LogP contribution in [-0.4, -0.2) is 17.1 Å². The van der Waals surface area contributed by atoms with Crippen LogP contribution in [-0.2, 0) is 0 Å². The molecule has 1 N–H and O–H groups in total. The zero-order valence-corrected chi connectivity index (χ0v) is 9.65. The fraction of sp³-hybridized carbons (Fsp3) is 0.0909. The van der Waals surface area contributed by atoms with Gasteiger partial charge in [0.1, 0.15) is 0 Å². The zero-order valence-electron chi connectivity index (χ0n) is 8.83. The van der Waals surface area contributed by atoms with E-state index in [1.54, 1.807) is 0 Å². The molecule has 2 aromatic rings. The Morgan fingerprint density at radius 1 is 1.29 bits per heavy atom. The lowest BCUT2D eigenvalue weighted by molar-refractivity contribution is 0.410. The number of H-pyrrole nitrogens is 1. The second-order valence-electron chi connectivity index (χ2n) is 3.24. The van der Waals surface area contributed by atoms with Gasteiger partial charge >= 0.3 is 0 Å². The maximum Gasteiger partial charge on any atom is 0.179 e. The minimum Gasteiger partial charge on any atom is -0.491 e. The molecule has 6 heteroatoms. The van der Waals surface area contributed by atoms with Gasteiger partial charge in [0, 0.05) is 5.56 Å². The molecule has 0 radical (unpaired) electrons. The van der Waals surface area contributed by atoms with Crippen LogP contribution < -0.4 is 4.74 Å². The molecule has 0 saturated carbocycles. The van der Waals surface area contributed by atoms with Crippen molar-refractivity contribution in [1.29, 1.82) is 0 Å². The Hall–Kier alpha value is -1.82. The van der Waals surface area contributed by atoms with Gasteiger partial charge < -0.3 is 9.72 Å². The number of ether oxygens (including phenoxy) is 1. The van der Waals surface area contributed by atoms with Crippen molar-refractivity contribution < 1.29 is 13.5 Å². The van der Waals surface area contributed by atoms with E-state index in [0.29, 0.717) is 17.0 Å². The van der Waals surface area contributed by atoms with Crippen molar-refractivity contribution in [1.82, 2.24) is 9.97 Å². The van der Waals surface area contributed by atoms with E-state index in [-0.39, 0.29) is 4.64 Å². The predicted octanol–water partition coefficient (Wildman–Crippen LogP) is 3.09.